The number of fused-ring (bicyclic) bond motifs is 1. The largest absolute Gasteiger partial charge is 0.498 e. The van der Waals surface area contributed by atoms with Crippen molar-refractivity contribution < 1.29 is 5.11 Å². The summed E-state index contributed by atoms with van der Waals surface area (Å²) in [5.74, 6) is 0. The van der Waals surface area contributed by atoms with Crippen LogP contribution < -0.4 is 0 Å². The molecular formula is C8H5ClOS. The molecule has 0 fully saturated rings. The summed E-state index contributed by atoms with van der Waals surface area (Å²) in [6, 6.07) is 7.66. The Labute approximate surface area is 72.9 Å². The van der Waals surface area contributed by atoms with Crippen LogP contribution in [0.5, 0.6) is 5.06 Å². The van der Waals surface area contributed by atoms with E-state index >= 15 is 0 Å². The molecule has 11 heavy (non-hydrogen) atoms. The van der Waals surface area contributed by atoms with E-state index in [1.165, 1.54) is 11.3 Å². The number of hydrogen-bond acceptors (Lipinski definition) is 2. The Bertz CT molecular complexity index is 394. The zero-order valence-electron chi connectivity index (χ0n) is 5.54. The fraction of sp³-hybridized carbons (Fsp3) is 0. The van der Waals surface area contributed by atoms with Gasteiger partial charge in [-0.15, -0.1) is 0 Å². The second kappa shape index (κ2) is 2.40. The van der Waals surface area contributed by atoms with E-state index in [1.54, 1.807) is 0 Å². The Morgan fingerprint density at radius 2 is 2.00 bits per heavy atom. The third kappa shape index (κ3) is 0.988. The summed E-state index contributed by atoms with van der Waals surface area (Å²) in [6.45, 7) is 0. The molecule has 1 heterocycles. The fourth-order valence-corrected chi connectivity index (χ4v) is 2.17. The molecule has 0 aliphatic heterocycles. The van der Waals surface area contributed by atoms with Crippen LogP contribution in [0.4, 0.5) is 0 Å². The first-order valence-corrected chi connectivity index (χ1v) is 4.34. The first-order valence-electron chi connectivity index (χ1n) is 3.15. The van der Waals surface area contributed by atoms with Gasteiger partial charge < -0.3 is 5.11 Å². The zero-order valence-corrected chi connectivity index (χ0v) is 7.12. The van der Waals surface area contributed by atoms with Gasteiger partial charge >= 0.3 is 0 Å². The maximum Gasteiger partial charge on any atom is 0.191 e. The van der Waals surface area contributed by atoms with Crippen molar-refractivity contribution in [1.82, 2.24) is 0 Å². The van der Waals surface area contributed by atoms with E-state index in [0.717, 1.165) is 10.1 Å². The average molecular weight is 185 g/mol. The van der Waals surface area contributed by atoms with Gasteiger partial charge in [0.15, 0.2) is 5.06 Å². The summed E-state index contributed by atoms with van der Waals surface area (Å²) in [4.78, 5) is 0. The monoisotopic (exact) mass is 184 g/mol. The molecule has 0 bridgehead atoms. The van der Waals surface area contributed by atoms with Crippen molar-refractivity contribution in [3.8, 4) is 5.06 Å². The van der Waals surface area contributed by atoms with Gasteiger partial charge in [0.05, 0.1) is 0 Å². The van der Waals surface area contributed by atoms with Gasteiger partial charge in [0, 0.05) is 10.1 Å². The van der Waals surface area contributed by atoms with Gasteiger partial charge in [-0.1, -0.05) is 41.1 Å². The van der Waals surface area contributed by atoms with Crippen LogP contribution >= 0.6 is 22.9 Å². The molecular weight excluding hydrogens is 180 g/mol. The van der Waals surface area contributed by atoms with Crippen molar-refractivity contribution in [2.24, 2.45) is 0 Å². The predicted octanol–water partition coefficient (Wildman–Crippen LogP) is 3.26. The lowest BCUT2D eigenvalue weighted by Gasteiger charge is -1.85. The molecule has 1 aromatic carbocycles. The molecule has 0 saturated carbocycles. The molecule has 56 valence electrons. The number of hydrogen-bond donors (Lipinski definition) is 1. The molecule has 2 rings (SSSR count). The molecule has 3 heteroatoms. The summed E-state index contributed by atoms with van der Waals surface area (Å²) in [5, 5.41) is 10.8. The average Bonchev–Trinajstić information content (AvgIpc) is 2.30. The van der Waals surface area contributed by atoms with Crippen LogP contribution in [0.15, 0.2) is 24.3 Å². The molecule has 0 saturated heterocycles. The summed E-state index contributed by atoms with van der Waals surface area (Å²) in [5.41, 5.74) is 0. The zero-order chi connectivity index (χ0) is 7.84. The van der Waals surface area contributed by atoms with E-state index in [0.29, 0.717) is 5.02 Å². The van der Waals surface area contributed by atoms with E-state index in [1.807, 2.05) is 24.3 Å². The molecule has 1 nitrogen and oxygen atoms in total. The lowest BCUT2D eigenvalue weighted by atomic mass is 10.3. The highest BCUT2D eigenvalue weighted by atomic mass is 35.5. The van der Waals surface area contributed by atoms with Crippen molar-refractivity contribution in [2.75, 3.05) is 0 Å². The van der Waals surface area contributed by atoms with Gasteiger partial charge in [0.25, 0.3) is 0 Å². The highest BCUT2D eigenvalue weighted by Crippen LogP contribution is 2.39. The van der Waals surface area contributed by atoms with Crippen LogP contribution in [-0.4, -0.2) is 5.11 Å². The molecule has 1 N–H and O–H groups in total. The second-order valence-electron chi connectivity index (χ2n) is 2.22. The van der Waals surface area contributed by atoms with E-state index in [4.69, 9.17) is 11.6 Å². The van der Waals surface area contributed by atoms with Crippen LogP contribution in [0.25, 0.3) is 10.1 Å². The van der Waals surface area contributed by atoms with Crippen molar-refractivity contribution in [2.45, 2.75) is 0 Å². The Balaban J connectivity index is 2.92. The highest BCUT2D eigenvalue weighted by Gasteiger charge is 2.06. The Kier molecular flexibility index (Phi) is 1.51. The number of thiophene rings is 1. The van der Waals surface area contributed by atoms with E-state index < -0.39 is 0 Å². The minimum atomic E-state index is 0.202. The van der Waals surface area contributed by atoms with Crippen molar-refractivity contribution in [3.05, 3.63) is 29.3 Å². The fourth-order valence-electron chi connectivity index (χ4n) is 1.00. The highest BCUT2D eigenvalue weighted by molar-refractivity contribution is 7.21. The Morgan fingerprint density at radius 1 is 1.27 bits per heavy atom. The van der Waals surface area contributed by atoms with E-state index in [9.17, 15) is 5.11 Å². The number of aromatic hydroxyl groups is 1. The summed E-state index contributed by atoms with van der Waals surface area (Å²) >= 11 is 7.10. The number of benzene rings is 1. The Morgan fingerprint density at radius 3 is 2.73 bits per heavy atom. The van der Waals surface area contributed by atoms with Gasteiger partial charge in [-0.05, 0) is 6.07 Å². The molecule has 0 atom stereocenters. The van der Waals surface area contributed by atoms with E-state index in [2.05, 4.69) is 0 Å². The lowest BCUT2D eigenvalue weighted by molar-refractivity contribution is 0.491. The molecule has 0 aliphatic carbocycles. The van der Waals surface area contributed by atoms with Crippen molar-refractivity contribution in [3.63, 3.8) is 0 Å². The van der Waals surface area contributed by atoms with Gasteiger partial charge in [-0.3, -0.25) is 0 Å². The Hall–Kier alpha value is -0.730. The maximum absolute atomic E-state index is 9.23. The molecule has 1 aromatic heterocycles. The molecule has 0 aliphatic rings. The predicted molar refractivity (Wildman–Crippen MR) is 48.5 cm³/mol. The maximum atomic E-state index is 9.23. The van der Waals surface area contributed by atoms with Crippen molar-refractivity contribution >= 4 is 33.0 Å². The van der Waals surface area contributed by atoms with Crippen LogP contribution in [0.2, 0.25) is 5.02 Å². The normalized spacial score (nSPS) is 10.6. The lowest BCUT2D eigenvalue weighted by Crippen LogP contribution is -1.60. The van der Waals surface area contributed by atoms with Gasteiger partial charge in [-0.2, -0.15) is 0 Å². The first-order chi connectivity index (χ1) is 5.29. The second-order valence-corrected chi connectivity index (χ2v) is 3.63. The molecule has 0 amide bonds. The third-order valence-corrected chi connectivity index (χ3v) is 2.99. The molecule has 0 unspecified atom stereocenters. The molecule has 2 aromatic rings. The number of rotatable bonds is 0. The van der Waals surface area contributed by atoms with E-state index in [-0.39, 0.29) is 5.06 Å². The molecule has 0 radical (unpaired) electrons. The number of halogens is 1. The summed E-state index contributed by atoms with van der Waals surface area (Å²) in [6.07, 6.45) is 0. The van der Waals surface area contributed by atoms with Gasteiger partial charge in [0.1, 0.15) is 5.02 Å². The van der Waals surface area contributed by atoms with Crippen LogP contribution in [0.3, 0.4) is 0 Å². The third-order valence-electron chi connectivity index (χ3n) is 1.52. The van der Waals surface area contributed by atoms with Gasteiger partial charge in [-0.25, -0.2) is 0 Å². The smallest absolute Gasteiger partial charge is 0.191 e. The van der Waals surface area contributed by atoms with Gasteiger partial charge in [0.2, 0.25) is 0 Å². The van der Waals surface area contributed by atoms with Crippen molar-refractivity contribution in [1.29, 1.82) is 0 Å². The minimum absolute atomic E-state index is 0.202. The summed E-state index contributed by atoms with van der Waals surface area (Å²) in [7, 11) is 0. The van der Waals surface area contributed by atoms with Crippen LogP contribution in [0.1, 0.15) is 0 Å². The topological polar surface area (TPSA) is 20.2 Å². The van der Waals surface area contributed by atoms with Crippen LogP contribution in [-0.2, 0) is 0 Å². The SMILES string of the molecule is Oc1sc2ccccc2c1Cl. The summed E-state index contributed by atoms with van der Waals surface area (Å²) < 4.78 is 1.02. The first kappa shape index (κ1) is 6.95. The van der Waals surface area contributed by atoms with Crippen LogP contribution in [0, 0.1) is 0 Å². The minimum Gasteiger partial charge on any atom is -0.498 e. The molecule has 0 spiro atoms. The standard InChI is InChI=1S/C8H5ClOS/c9-7-5-3-1-2-4-6(5)11-8(7)10/h1-4,10H. The quantitative estimate of drug-likeness (QED) is 0.667.